The Morgan fingerprint density at radius 2 is 1.69 bits per heavy atom. The minimum absolute atomic E-state index is 0.142. The number of hydrogen-bond donors (Lipinski definition) is 0. The van der Waals surface area contributed by atoms with Crippen LogP contribution in [0.5, 0.6) is 0 Å². The Morgan fingerprint density at radius 1 is 1.03 bits per heavy atom. The number of carbonyl (C=O) groups is 2. The molecule has 2 heterocycles. The number of aromatic nitrogens is 2. The highest BCUT2D eigenvalue weighted by molar-refractivity contribution is 5.92. The predicted molar refractivity (Wildman–Crippen MR) is 120 cm³/mol. The van der Waals surface area contributed by atoms with Crippen molar-refractivity contribution in [2.45, 2.75) is 39.7 Å². The number of carbonyl (C=O) groups excluding carboxylic acids is 2. The third-order valence-corrected chi connectivity index (χ3v) is 5.89. The minimum Gasteiger partial charge on any atom is -0.449 e. The zero-order chi connectivity index (χ0) is 22.7. The summed E-state index contributed by atoms with van der Waals surface area (Å²) in [4.78, 5) is 26.9. The van der Waals surface area contributed by atoms with Crippen LogP contribution in [0, 0.1) is 12.8 Å². The lowest BCUT2D eigenvalue weighted by Crippen LogP contribution is -2.44. The van der Waals surface area contributed by atoms with Crippen molar-refractivity contribution in [1.82, 2.24) is 15.1 Å². The van der Waals surface area contributed by atoms with Gasteiger partial charge in [0.05, 0.1) is 5.56 Å². The Bertz CT molecular complexity index is 1100. The quantitative estimate of drug-likeness (QED) is 0.550. The molecule has 1 aliphatic heterocycles. The van der Waals surface area contributed by atoms with Crippen LogP contribution in [0.25, 0.3) is 22.9 Å². The van der Waals surface area contributed by atoms with Crippen molar-refractivity contribution in [3.63, 3.8) is 0 Å². The summed E-state index contributed by atoms with van der Waals surface area (Å²) < 4.78 is 11.2. The van der Waals surface area contributed by atoms with Crippen molar-refractivity contribution in [3.05, 3.63) is 59.7 Å². The number of ether oxygens (including phenoxy) is 1. The van der Waals surface area contributed by atoms with E-state index < -0.39 is 12.1 Å². The molecule has 0 aliphatic carbocycles. The first-order valence-electron chi connectivity index (χ1n) is 10.9. The highest BCUT2D eigenvalue weighted by Crippen LogP contribution is 2.26. The summed E-state index contributed by atoms with van der Waals surface area (Å²) in [5.74, 6) is 0.763. The highest BCUT2D eigenvalue weighted by atomic mass is 16.5. The van der Waals surface area contributed by atoms with Gasteiger partial charge in [0.1, 0.15) is 0 Å². The first-order valence-corrected chi connectivity index (χ1v) is 10.9. The average Bonchev–Trinajstić information content (AvgIpc) is 3.29. The van der Waals surface area contributed by atoms with Crippen LogP contribution in [-0.2, 0) is 9.53 Å². The van der Waals surface area contributed by atoms with E-state index in [1.165, 1.54) is 0 Å². The van der Waals surface area contributed by atoms with Gasteiger partial charge in [-0.25, -0.2) is 4.79 Å². The van der Waals surface area contributed by atoms with Crippen LogP contribution < -0.4 is 0 Å². The van der Waals surface area contributed by atoms with Crippen LogP contribution in [0.2, 0.25) is 0 Å². The van der Waals surface area contributed by atoms with Gasteiger partial charge < -0.3 is 14.1 Å². The molecule has 1 unspecified atom stereocenters. The van der Waals surface area contributed by atoms with Crippen molar-refractivity contribution in [3.8, 4) is 22.9 Å². The third-order valence-electron chi connectivity index (χ3n) is 5.89. The summed E-state index contributed by atoms with van der Waals surface area (Å²) in [6.45, 7) is 7.22. The molecule has 1 amide bonds. The number of hydrogen-bond acceptors (Lipinski definition) is 6. The number of aryl methyl sites for hydroxylation is 1. The summed E-state index contributed by atoms with van der Waals surface area (Å²) in [6.07, 6.45) is 1.15. The molecule has 7 heteroatoms. The molecular weight excluding hydrogens is 406 g/mol. The number of likely N-dealkylation sites (tertiary alicyclic amines) is 1. The normalized spacial score (nSPS) is 15.4. The number of rotatable bonds is 5. The smallest absolute Gasteiger partial charge is 0.338 e. The van der Waals surface area contributed by atoms with Crippen LogP contribution in [0.1, 0.15) is 42.6 Å². The van der Waals surface area contributed by atoms with Crippen LogP contribution in [0.3, 0.4) is 0 Å². The van der Waals surface area contributed by atoms with Gasteiger partial charge in [-0.2, -0.15) is 0 Å². The van der Waals surface area contributed by atoms with Gasteiger partial charge in [0.15, 0.2) is 6.10 Å². The van der Waals surface area contributed by atoms with E-state index in [2.05, 4.69) is 17.1 Å². The predicted octanol–water partition coefficient (Wildman–Crippen LogP) is 4.52. The third kappa shape index (κ3) is 4.72. The Kier molecular flexibility index (Phi) is 6.35. The van der Waals surface area contributed by atoms with Crippen LogP contribution in [0.15, 0.2) is 52.9 Å². The molecule has 0 saturated carbocycles. The molecule has 4 rings (SSSR count). The number of amides is 1. The second-order valence-electron chi connectivity index (χ2n) is 8.36. The maximum Gasteiger partial charge on any atom is 0.338 e. The topological polar surface area (TPSA) is 85.5 Å². The lowest BCUT2D eigenvalue weighted by Gasteiger charge is -2.31. The van der Waals surface area contributed by atoms with Gasteiger partial charge in [-0.05, 0) is 68.5 Å². The summed E-state index contributed by atoms with van der Waals surface area (Å²) in [7, 11) is 0. The number of benzene rings is 2. The number of nitrogens with zero attached hydrogens (tertiary/aromatic N) is 3. The molecule has 0 bridgehead atoms. The van der Waals surface area contributed by atoms with E-state index in [1.54, 1.807) is 36.1 Å². The second-order valence-corrected chi connectivity index (χ2v) is 8.36. The fourth-order valence-corrected chi connectivity index (χ4v) is 3.78. The van der Waals surface area contributed by atoms with Gasteiger partial charge >= 0.3 is 5.97 Å². The monoisotopic (exact) mass is 433 g/mol. The highest BCUT2D eigenvalue weighted by Gasteiger charge is 2.27. The second kappa shape index (κ2) is 9.34. The van der Waals surface area contributed by atoms with Crippen molar-refractivity contribution in [2.75, 3.05) is 13.1 Å². The number of esters is 1. The van der Waals surface area contributed by atoms with Crippen molar-refractivity contribution >= 4 is 11.9 Å². The number of piperidine rings is 1. The van der Waals surface area contributed by atoms with Crippen molar-refractivity contribution in [1.29, 1.82) is 0 Å². The molecule has 1 fully saturated rings. The zero-order valence-electron chi connectivity index (χ0n) is 18.6. The molecule has 1 aliphatic rings. The van der Waals surface area contributed by atoms with Gasteiger partial charge in [0, 0.05) is 24.2 Å². The zero-order valence-corrected chi connectivity index (χ0v) is 18.6. The Labute approximate surface area is 187 Å². The van der Waals surface area contributed by atoms with Gasteiger partial charge in [-0.3, -0.25) is 4.79 Å². The lowest BCUT2D eigenvalue weighted by atomic mass is 9.99. The van der Waals surface area contributed by atoms with Gasteiger partial charge in [0.25, 0.3) is 5.91 Å². The van der Waals surface area contributed by atoms with E-state index in [0.29, 0.717) is 41.9 Å². The molecule has 32 heavy (non-hydrogen) atoms. The first-order chi connectivity index (χ1) is 15.4. The van der Waals surface area contributed by atoms with Gasteiger partial charge in [0.2, 0.25) is 11.8 Å². The fourth-order valence-electron chi connectivity index (χ4n) is 3.78. The van der Waals surface area contributed by atoms with Crippen LogP contribution in [0.4, 0.5) is 0 Å². The Balaban J connectivity index is 1.40. The van der Waals surface area contributed by atoms with Gasteiger partial charge in [-0.15, -0.1) is 10.2 Å². The van der Waals surface area contributed by atoms with Crippen LogP contribution in [-0.4, -0.2) is 46.2 Å². The van der Waals surface area contributed by atoms with Crippen molar-refractivity contribution in [2.24, 2.45) is 5.92 Å². The Morgan fingerprint density at radius 3 is 2.38 bits per heavy atom. The Hall–Kier alpha value is -3.48. The standard InChI is InChI=1S/C25H27N3O4/c1-16-12-14-28(15-13-16)24(29)18(3)31-25(30)20-10-8-19(9-11-20)22-26-27-23(32-22)21-7-5-4-6-17(21)2/h4-11,16,18H,12-15H2,1-3H3. The molecule has 1 saturated heterocycles. The molecular formula is C25H27N3O4. The molecule has 166 valence electrons. The van der Waals surface area contributed by atoms with E-state index in [4.69, 9.17) is 9.15 Å². The maximum absolute atomic E-state index is 12.6. The molecule has 7 nitrogen and oxygen atoms in total. The van der Waals surface area contributed by atoms with E-state index >= 15 is 0 Å². The lowest BCUT2D eigenvalue weighted by molar-refractivity contribution is -0.141. The largest absolute Gasteiger partial charge is 0.449 e. The molecule has 1 atom stereocenters. The first kappa shape index (κ1) is 21.7. The minimum atomic E-state index is -0.816. The van der Waals surface area contributed by atoms with E-state index in [-0.39, 0.29) is 5.91 Å². The van der Waals surface area contributed by atoms with E-state index in [0.717, 1.165) is 24.0 Å². The molecule has 0 N–H and O–H groups in total. The maximum atomic E-state index is 12.6. The molecule has 0 radical (unpaired) electrons. The fraction of sp³-hybridized carbons (Fsp3) is 0.360. The summed E-state index contributed by atoms with van der Waals surface area (Å²) in [6, 6.07) is 14.5. The summed E-state index contributed by atoms with van der Waals surface area (Å²) in [5, 5.41) is 8.26. The summed E-state index contributed by atoms with van der Waals surface area (Å²) >= 11 is 0. The van der Waals surface area contributed by atoms with Crippen molar-refractivity contribution < 1.29 is 18.7 Å². The van der Waals surface area contributed by atoms with Gasteiger partial charge in [-0.1, -0.05) is 25.1 Å². The molecule has 3 aromatic rings. The average molecular weight is 434 g/mol. The van der Waals surface area contributed by atoms with E-state index in [1.807, 2.05) is 31.2 Å². The molecule has 2 aromatic carbocycles. The molecule has 1 aromatic heterocycles. The van der Waals surface area contributed by atoms with E-state index in [9.17, 15) is 9.59 Å². The summed E-state index contributed by atoms with van der Waals surface area (Å²) in [5.41, 5.74) is 2.98. The van der Waals surface area contributed by atoms with Crippen LogP contribution >= 0.6 is 0 Å². The molecule has 0 spiro atoms. The SMILES string of the molecule is Cc1ccccc1-c1nnc(-c2ccc(C(=O)OC(C)C(=O)N3CCC(C)CC3)cc2)o1.